The van der Waals surface area contributed by atoms with Gasteiger partial charge in [-0.2, -0.15) is 5.26 Å². The molecule has 0 saturated heterocycles. The fraction of sp³-hybridized carbons (Fsp3) is 0.182. The molecule has 1 aromatic heterocycles. The van der Waals surface area contributed by atoms with E-state index in [2.05, 4.69) is 29.4 Å². The zero-order valence-corrected chi connectivity index (χ0v) is 16.4. The minimum Gasteiger partial charge on any atom is -0.494 e. The number of nitrogens with one attached hydrogen (secondary N) is 1. The molecule has 1 N–H and O–H groups in total. The lowest BCUT2D eigenvalue weighted by atomic mass is 10.1. The number of allylic oxidation sites excluding steroid dienone is 1. The second kappa shape index (κ2) is 8.52. The van der Waals surface area contributed by atoms with Crippen LogP contribution in [0.15, 0.2) is 54.0 Å². The van der Waals surface area contributed by atoms with Crippen LogP contribution in [0, 0.1) is 25.2 Å². The maximum atomic E-state index is 9.54. The van der Waals surface area contributed by atoms with Crippen molar-refractivity contribution in [3.05, 3.63) is 70.2 Å². The molecule has 1 heterocycles. The largest absolute Gasteiger partial charge is 0.494 e. The van der Waals surface area contributed by atoms with E-state index in [1.165, 1.54) is 16.9 Å². The van der Waals surface area contributed by atoms with Gasteiger partial charge in [-0.3, -0.25) is 0 Å². The number of nitriles is 1. The highest BCUT2D eigenvalue weighted by Gasteiger charge is 2.09. The molecule has 5 heteroatoms. The maximum absolute atomic E-state index is 9.54. The molecule has 0 radical (unpaired) electrons. The van der Waals surface area contributed by atoms with Crippen molar-refractivity contribution in [2.24, 2.45) is 0 Å². The van der Waals surface area contributed by atoms with Crippen molar-refractivity contribution < 1.29 is 4.74 Å². The smallest absolute Gasteiger partial charge is 0.136 e. The monoisotopic (exact) mass is 375 g/mol. The van der Waals surface area contributed by atoms with Gasteiger partial charge in [-0.25, -0.2) is 4.98 Å². The first-order chi connectivity index (χ1) is 13.1. The Hall–Kier alpha value is -3.10. The number of aromatic nitrogens is 1. The van der Waals surface area contributed by atoms with Gasteiger partial charge in [0.2, 0.25) is 0 Å². The van der Waals surface area contributed by atoms with Crippen molar-refractivity contribution in [1.82, 2.24) is 4.98 Å². The Morgan fingerprint density at radius 3 is 2.67 bits per heavy atom. The summed E-state index contributed by atoms with van der Waals surface area (Å²) < 4.78 is 5.47. The summed E-state index contributed by atoms with van der Waals surface area (Å²) in [7, 11) is 0. The molecule has 3 rings (SSSR count). The third kappa shape index (κ3) is 4.55. The number of rotatable bonds is 6. The zero-order chi connectivity index (χ0) is 19.2. The third-order valence-electron chi connectivity index (χ3n) is 4.07. The van der Waals surface area contributed by atoms with Crippen LogP contribution in [0.2, 0.25) is 0 Å². The average molecular weight is 375 g/mol. The Balaban J connectivity index is 1.79. The molecule has 0 unspecified atom stereocenters. The molecule has 4 nitrogen and oxygen atoms in total. The van der Waals surface area contributed by atoms with E-state index in [4.69, 9.17) is 4.74 Å². The fourth-order valence-electron chi connectivity index (χ4n) is 2.69. The Morgan fingerprint density at radius 1 is 1.22 bits per heavy atom. The van der Waals surface area contributed by atoms with Crippen molar-refractivity contribution in [2.75, 3.05) is 11.9 Å². The van der Waals surface area contributed by atoms with Crippen LogP contribution in [0.1, 0.15) is 23.1 Å². The molecule has 27 heavy (non-hydrogen) atoms. The molecule has 0 saturated carbocycles. The quantitative estimate of drug-likeness (QED) is 0.553. The van der Waals surface area contributed by atoms with Crippen molar-refractivity contribution in [3.63, 3.8) is 0 Å². The summed E-state index contributed by atoms with van der Waals surface area (Å²) in [6, 6.07) is 16.2. The summed E-state index contributed by atoms with van der Waals surface area (Å²) in [4.78, 5) is 4.62. The van der Waals surface area contributed by atoms with E-state index in [9.17, 15) is 5.26 Å². The van der Waals surface area contributed by atoms with Gasteiger partial charge in [-0.15, -0.1) is 11.3 Å². The van der Waals surface area contributed by atoms with E-state index in [1.54, 1.807) is 6.20 Å². The Bertz CT molecular complexity index is 997. The van der Waals surface area contributed by atoms with Gasteiger partial charge in [-0.1, -0.05) is 17.7 Å². The third-order valence-corrected chi connectivity index (χ3v) is 4.95. The molecule has 0 bridgehead atoms. The first-order valence-corrected chi connectivity index (χ1v) is 9.62. The predicted molar refractivity (Wildman–Crippen MR) is 112 cm³/mol. The second-order valence-corrected chi connectivity index (χ2v) is 6.99. The van der Waals surface area contributed by atoms with Crippen molar-refractivity contribution in [3.8, 4) is 23.1 Å². The highest BCUT2D eigenvalue weighted by Crippen LogP contribution is 2.27. The van der Waals surface area contributed by atoms with Crippen LogP contribution in [-0.2, 0) is 0 Å². The summed E-state index contributed by atoms with van der Waals surface area (Å²) in [5, 5.41) is 15.4. The van der Waals surface area contributed by atoms with E-state index < -0.39 is 0 Å². The van der Waals surface area contributed by atoms with Gasteiger partial charge in [-0.05, 0) is 56.7 Å². The number of nitrogens with zero attached hydrogens (tertiary/aromatic N) is 2. The molecule has 0 aliphatic rings. The van der Waals surface area contributed by atoms with Crippen LogP contribution in [0.4, 0.5) is 5.69 Å². The summed E-state index contributed by atoms with van der Waals surface area (Å²) in [5.74, 6) is 0.840. The van der Waals surface area contributed by atoms with Crippen molar-refractivity contribution in [1.29, 1.82) is 5.26 Å². The lowest BCUT2D eigenvalue weighted by Crippen LogP contribution is -1.94. The minimum atomic E-state index is 0.511. The molecule has 0 atom stereocenters. The summed E-state index contributed by atoms with van der Waals surface area (Å²) in [6.07, 6.45) is 1.72. The number of aryl methyl sites for hydroxylation is 2. The van der Waals surface area contributed by atoms with E-state index in [1.807, 2.05) is 55.6 Å². The molecule has 3 aromatic rings. The summed E-state index contributed by atoms with van der Waals surface area (Å²) >= 11 is 1.46. The van der Waals surface area contributed by atoms with E-state index >= 15 is 0 Å². The molecular weight excluding hydrogens is 354 g/mol. The number of hydrogen-bond acceptors (Lipinski definition) is 5. The normalized spacial score (nSPS) is 11.1. The molecule has 0 spiro atoms. The lowest BCUT2D eigenvalue weighted by Gasteiger charge is -2.06. The van der Waals surface area contributed by atoms with Gasteiger partial charge in [0.15, 0.2) is 0 Å². The Kier molecular flexibility index (Phi) is 5.90. The maximum Gasteiger partial charge on any atom is 0.136 e. The van der Waals surface area contributed by atoms with Crippen molar-refractivity contribution >= 4 is 22.6 Å². The number of ether oxygens (including phenoxy) is 1. The SMILES string of the molecule is CCOc1ccc(-c2csc(/C(C#N)=C/Nc3ccc(C)cc3C)n2)cc1. The highest BCUT2D eigenvalue weighted by atomic mass is 32.1. The van der Waals surface area contributed by atoms with E-state index in [-0.39, 0.29) is 0 Å². The molecule has 0 fully saturated rings. The molecule has 2 aromatic carbocycles. The number of thiazole rings is 1. The fourth-order valence-corrected chi connectivity index (χ4v) is 3.48. The highest BCUT2D eigenvalue weighted by molar-refractivity contribution is 7.11. The second-order valence-electron chi connectivity index (χ2n) is 6.13. The minimum absolute atomic E-state index is 0.511. The Morgan fingerprint density at radius 2 is 2.00 bits per heavy atom. The average Bonchev–Trinajstić information content (AvgIpc) is 3.14. The lowest BCUT2D eigenvalue weighted by molar-refractivity contribution is 0.340. The van der Waals surface area contributed by atoms with Crippen LogP contribution in [0.25, 0.3) is 16.8 Å². The zero-order valence-electron chi connectivity index (χ0n) is 15.6. The van der Waals surface area contributed by atoms with Crippen molar-refractivity contribution in [2.45, 2.75) is 20.8 Å². The van der Waals surface area contributed by atoms with Gasteiger partial charge >= 0.3 is 0 Å². The van der Waals surface area contributed by atoms with Crippen LogP contribution < -0.4 is 10.1 Å². The van der Waals surface area contributed by atoms with Crippen LogP contribution in [0.3, 0.4) is 0 Å². The summed E-state index contributed by atoms with van der Waals surface area (Å²) in [5.41, 5.74) is 5.69. The Labute approximate surface area is 163 Å². The topological polar surface area (TPSA) is 57.9 Å². The van der Waals surface area contributed by atoms with Gasteiger partial charge in [0.1, 0.15) is 22.4 Å². The number of hydrogen-bond donors (Lipinski definition) is 1. The van der Waals surface area contributed by atoms with E-state index in [0.29, 0.717) is 17.2 Å². The predicted octanol–water partition coefficient (Wildman–Crippen LogP) is 5.80. The van der Waals surface area contributed by atoms with Crippen LogP contribution in [0.5, 0.6) is 5.75 Å². The van der Waals surface area contributed by atoms with Gasteiger partial charge in [0.25, 0.3) is 0 Å². The standard InChI is InChI=1S/C22H21N3OS/c1-4-26-19-8-6-17(7-9-19)21-14-27-22(25-21)18(12-23)13-24-20-10-5-15(2)11-16(20)3/h5-11,13-14,24H,4H2,1-3H3/b18-13+. The first-order valence-electron chi connectivity index (χ1n) is 8.74. The summed E-state index contributed by atoms with van der Waals surface area (Å²) in [6.45, 7) is 6.71. The van der Waals surface area contributed by atoms with Crippen LogP contribution in [-0.4, -0.2) is 11.6 Å². The number of benzene rings is 2. The molecule has 136 valence electrons. The number of anilines is 1. The molecule has 0 amide bonds. The van der Waals surface area contributed by atoms with Gasteiger partial charge in [0.05, 0.1) is 12.3 Å². The van der Waals surface area contributed by atoms with Crippen LogP contribution >= 0.6 is 11.3 Å². The van der Waals surface area contributed by atoms with E-state index in [0.717, 1.165) is 28.3 Å². The van der Waals surface area contributed by atoms with Gasteiger partial charge in [0, 0.05) is 22.8 Å². The molecular formula is C22H21N3OS. The molecule has 0 aliphatic heterocycles. The first kappa shape index (κ1) is 18.7. The van der Waals surface area contributed by atoms with Gasteiger partial charge < -0.3 is 10.1 Å². The molecule has 0 aliphatic carbocycles.